The topological polar surface area (TPSA) is 18.5 Å². The number of hydrogen-bond acceptors (Lipinski definition) is 2. The summed E-state index contributed by atoms with van der Waals surface area (Å²) in [6.45, 7) is 8.51. The van der Waals surface area contributed by atoms with E-state index < -0.39 is 0 Å². The highest BCUT2D eigenvalue weighted by Gasteiger charge is 2.22. The molecule has 0 bridgehead atoms. The Morgan fingerprint density at radius 1 is 0.742 bits per heavy atom. The number of rotatable bonds is 17. The van der Waals surface area contributed by atoms with Crippen LogP contribution in [0.2, 0.25) is 0 Å². The molecule has 1 fully saturated rings. The Labute approximate surface area is 193 Å². The van der Waals surface area contributed by atoms with Crippen molar-refractivity contribution in [1.82, 2.24) is 0 Å². The van der Waals surface area contributed by atoms with Crippen molar-refractivity contribution >= 4 is 0 Å². The molecular formula is C29H50O2. The van der Waals surface area contributed by atoms with Crippen LogP contribution >= 0.6 is 0 Å². The van der Waals surface area contributed by atoms with Crippen molar-refractivity contribution < 1.29 is 9.47 Å². The minimum absolute atomic E-state index is 0.269. The molecule has 0 spiro atoms. The van der Waals surface area contributed by atoms with E-state index in [1.54, 1.807) is 0 Å². The maximum Gasteiger partial charge on any atom is 0.119 e. The van der Waals surface area contributed by atoms with Gasteiger partial charge >= 0.3 is 0 Å². The molecular weight excluding hydrogens is 380 g/mol. The summed E-state index contributed by atoms with van der Waals surface area (Å²) >= 11 is 0. The first-order valence-corrected chi connectivity index (χ1v) is 13.6. The van der Waals surface area contributed by atoms with Crippen molar-refractivity contribution in [2.75, 3.05) is 13.2 Å². The highest BCUT2D eigenvalue weighted by molar-refractivity contribution is 5.30. The van der Waals surface area contributed by atoms with Gasteiger partial charge < -0.3 is 9.47 Å². The predicted molar refractivity (Wildman–Crippen MR) is 134 cm³/mol. The summed E-state index contributed by atoms with van der Waals surface area (Å²) in [4.78, 5) is 0. The van der Waals surface area contributed by atoms with Crippen molar-refractivity contribution in [3.8, 4) is 5.75 Å². The lowest BCUT2D eigenvalue weighted by Crippen LogP contribution is -2.19. The van der Waals surface area contributed by atoms with Gasteiger partial charge in [-0.05, 0) is 68.1 Å². The first kappa shape index (κ1) is 26.2. The van der Waals surface area contributed by atoms with E-state index in [9.17, 15) is 0 Å². The van der Waals surface area contributed by atoms with E-state index in [-0.39, 0.29) is 6.10 Å². The molecule has 31 heavy (non-hydrogen) atoms. The van der Waals surface area contributed by atoms with Crippen molar-refractivity contribution in [3.63, 3.8) is 0 Å². The van der Waals surface area contributed by atoms with Crippen molar-refractivity contribution in [3.05, 3.63) is 29.8 Å². The Hall–Kier alpha value is -1.02. The molecule has 1 unspecified atom stereocenters. The van der Waals surface area contributed by atoms with Gasteiger partial charge in [0.15, 0.2) is 0 Å². The van der Waals surface area contributed by atoms with Gasteiger partial charge in [0.2, 0.25) is 0 Å². The average molecular weight is 431 g/mol. The molecule has 2 rings (SSSR count). The maximum atomic E-state index is 6.33. The summed E-state index contributed by atoms with van der Waals surface area (Å²) in [6.07, 6.45) is 19.8. The zero-order valence-corrected chi connectivity index (χ0v) is 20.9. The minimum atomic E-state index is 0.269. The second-order valence-electron chi connectivity index (χ2n) is 9.77. The van der Waals surface area contributed by atoms with Gasteiger partial charge in [-0.15, -0.1) is 0 Å². The van der Waals surface area contributed by atoms with Crippen LogP contribution in [0.3, 0.4) is 0 Å². The third kappa shape index (κ3) is 10.9. The van der Waals surface area contributed by atoms with Gasteiger partial charge in [-0.2, -0.15) is 0 Å². The summed E-state index contributed by atoms with van der Waals surface area (Å²) in [5.74, 6) is 2.76. The molecule has 0 aromatic heterocycles. The smallest absolute Gasteiger partial charge is 0.119 e. The van der Waals surface area contributed by atoms with E-state index in [1.165, 1.54) is 82.6 Å². The molecule has 1 aliphatic rings. The Bertz CT molecular complexity index is 530. The molecule has 0 saturated heterocycles. The summed E-state index contributed by atoms with van der Waals surface area (Å²) in [5, 5.41) is 0. The Kier molecular flexibility index (Phi) is 14.0. The molecule has 0 aliphatic heterocycles. The molecule has 1 atom stereocenters. The van der Waals surface area contributed by atoms with Crippen molar-refractivity contribution in [2.45, 2.75) is 129 Å². The first-order valence-electron chi connectivity index (χ1n) is 13.6. The van der Waals surface area contributed by atoms with Crippen LogP contribution in [0.25, 0.3) is 0 Å². The van der Waals surface area contributed by atoms with Crippen LogP contribution in [0.1, 0.15) is 129 Å². The Balaban J connectivity index is 1.70. The largest absolute Gasteiger partial charge is 0.490 e. The molecule has 1 aliphatic carbocycles. The molecule has 0 radical (unpaired) electrons. The number of benzene rings is 1. The number of unbranched alkanes of at least 4 members (excludes halogenated alkanes) is 5. The van der Waals surface area contributed by atoms with Gasteiger partial charge in [0.05, 0.1) is 6.61 Å². The molecule has 178 valence electrons. The van der Waals surface area contributed by atoms with Gasteiger partial charge in [0.1, 0.15) is 11.9 Å². The Morgan fingerprint density at radius 2 is 1.45 bits per heavy atom. The van der Waals surface area contributed by atoms with Crippen LogP contribution in [-0.2, 0) is 4.74 Å². The van der Waals surface area contributed by atoms with E-state index >= 15 is 0 Å². The quantitative estimate of drug-likeness (QED) is 0.229. The Morgan fingerprint density at radius 3 is 2.13 bits per heavy atom. The van der Waals surface area contributed by atoms with E-state index in [1.807, 2.05) is 0 Å². The summed E-state index contributed by atoms with van der Waals surface area (Å²) < 4.78 is 12.2. The molecule has 1 aromatic carbocycles. The van der Waals surface area contributed by atoms with Gasteiger partial charge in [0, 0.05) is 13.0 Å². The summed E-state index contributed by atoms with van der Waals surface area (Å²) in [7, 11) is 0. The van der Waals surface area contributed by atoms with Crippen LogP contribution in [0.15, 0.2) is 24.3 Å². The lowest BCUT2D eigenvalue weighted by Gasteiger charge is -2.29. The number of hydrogen-bond donors (Lipinski definition) is 0. The van der Waals surface area contributed by atoms with Crippen molar-refractivity contribution in [2.24, 2.45) is 5.92 Å². The monoisotopic (exact) mass is 430 g/mol. The van der Waals surface area contributed by atoms with Gasteiger partial charge in [0.25, 0.3) is 0 Å². The first-order chi connectivity index (χ1) is 15.3. The van der Waals surface area contributed by atoms with E-state index in [4.69, 9.17) is 9.47 Å². The number of ether oxygens (including phenoxy) is 2. The van der Waals surface area contributed by atoms with Gasteiger partial charge in [-0.3, -0.25) is 0 Å². The van der Waals surface area contributed by atoms with Crippen LogP contribution in [-0.4, -0.2) is 19.3 Å². The molecule has 0 N–H and O–H groups in total. The lowest BCUT2D eigenvalue weighted by atomic mass is 9.77. The third-order valence-corrected chi connectivity index (χ3v) is 7.05. The normalized spacial score (nSPS) is 20.0. The molecule has 2 heteroatoms. The van der Waals surface area contributed by atoms with E-state index in [0.717, 1.165) is 50.1 Å². The molecule has 0 amide bonds. The maximum absolute atomic E-state index is 6.33. The minimum Gasteiger partial charge on any atom is -0.490 e. The zero-order valence-electron chi connectivity index (χ0n) is 20.9. The highest BCUT2D eigenvalue weighted by atomic mass is 16.5. The fourth-order valence-corrected chi connectivity index (χ4v) is 5.01. The highest BCUT2D eigenvalue weighted by Crippen LogP contribution is 2.38. The predicted octanol–water partition coefficient (Wildman–Crippen LogP) is 9.08. The fourth-order valence-electron chi connectivity index (χ4n) is 5.01. The second-order valence-corrected chi connectivity index (χ2v) is 9.77. The van der Waals surface area contributed by atoms with E-state index in [2.05, 4.69) is 45.0 Å². The lowest BCUT2D eigenvalue weighted by molar-refractivity contribution is 0.0861. The summed E-state index contributed by atoms with van der Waals surface area (Å²) in [6, 6.07) is 9.06. The van der Waals surface area contributed by atoms with Gasteiger partial charge in [-0.25, -0.2) is 0 Å². The second kappa shape index (κ2) is 16.6. The fraction of sp³-hybridized carbons (Fsp3) is 0.793. The van der Waals surface area contributed by atoms with Crippen LogP contribution in [0.4, 0.5) is 0 Å². The SMILES string of the molecule is CCCCCCOCCC(CCC)Oc1ccc(C2CCC(CCCCC)CC2)cc1. The van der Waals surface area contributed by atoms with Crippen LogP contribution in [0.5, 0.6) is 5.75 Å². The molecule has 1 saturated carbocycles. The summed E-state index contributed by atoms with van der Waals surface area (Å²) in [5.41, 5.74) is 1.52. The molecule has 1 aromatic rings. The third-order valence-electron chi connectivity index (χ3n) is 7.05. The van der Waals surface area contributed by atoms with Crippen molar-refractivity contribution in [1.29, 1.82) is 0 Å². The molecule has 2 nitrogen and oxygen atoms in total. The van der Waals surface area contributed by atoms with Crippen LogP contribution in [0, 0.1) is 5.92 Å². The van der Waals surface area contributed by atoms with Gasteiger partial charge in [-0.1, -0.05) is 84.3 Å². The average Bonchev–Trinajstić information content (AvgIpc) is 2.80. The molecule has 0 heterocycles. The standard InChI is InChI=1S/C29H50O2/c1-4-7-9-11-23-30-24-22-28(12-6-3)31-29-20-18-27(19-21-29)26-16-14-25(15-17-26)13-10-8-5-2/h18-21,25-26,28H,4-17,22-24H2,1-3H3. The van der Waals surface area contributed by atoms with Crippen LogP contribution < -0.4 is 4.74 Å². The van der Waals surface area contributed by atoms with E-state index in [0.29, 0.717) is 0 Å². The zero-order chi connectivity index (χ0) is 22.2.